The highest BCUT2D eigenvalue weighted by Crippen LogP contribution is 2.31. The minimum Gasteiger partial charge on any atom is -0.477 e. The molecule has 1 fully saturated rings. The maximum absolute atomic E-state index is 13.0. The molecule has 31 heavy (non-hydrogen) atoms. The first-order chi connectivity index (χ1) is 15.1. The van der Waals surface area contributed by atoms with Gasteiger partial charge in [-0.05, 0) is 43.5 Å². The number of hydrogen-bond acceptors (Lipinski definition) is 5. The average Bonchev–Trinajstić information content (AvgIpc) is 3.06. The van der Waals surface area contributed by atoms with Crippen LogP contribution in [0.5, 0.6) is 5.88 Å². The maximum atomic E-state index is 13.0. The molecule has 162 valence electrons. The summed E-state index contributed by atoms with van der Waals surface area (Å²) in [5.74, 6) is -0.344. The molecule has 0 atom stereocenters. The molecular formula is C24H27N3O4. The molecular weight excluding hydrogens is 394 g/mol. The van der Waals surface area contributed by atoms with Crippen LogP contribution in [0.1, 0.15) is 82.1 Å². The summed E-state index contributed by atoms with van der Waals surface area (Å²) in [5, 5.41) is 2.86. The third-order valence-corrected chi connectivity index (χ3v) is 5.85. The summed E-state index contributed by atoms with van der Waals surface area (Å²) in [6.45, 7) is 2.82. The van der Waals surface area contributed by atoms with E-state index in [-0.39, 0.29) is 30.3 Å². The monoisotopic (exact) mass is 421 g/mol. The molecule has 0 saturated heterocycles. The highest BCUT2D eigenvalue weighted by molar-refractivity contribution is 6.22. The topological polar surface area (TPSA) is 88.6 Å². The number of carbonyl (C=O) groups excluding carboxylic acids is 3. The maximum Gasteiger partial charge on any atom is 0.261 e. The van der Waals surface area contributed by atoms with E-state index in [0.29, 0.717) is 29.2 Å². The third kappa shape index (κ3) is 4.31. The van der Waals surface area contributed by atoms with Gasteiger partial charge in [0.05, 0.1) is 17.7 Å². The number of amides is 3. The number of hydrogen-bond donors (Lipinski definition) is 1. The van der Waals surface area contributed by atoms with E-state index in [1.165, 1.54) is 11.0 Å². The van der Waals surface area contributed by atoms with Crippen LogP contribution < -0.4 is 10.1 Å². The minimum atomic E-state index is -0.315. The summed E-state index contributed by atoms with van der Waals surface area (Å²) in [5.41, 5.74) is 1.83. The van der Waals surface area contributed by atoms with Crippen molar-refractivity contribution in [3.05, 3.63) is 58.8 Å². The zero-order valence-electron chi connectivity index (χ0n) is 17.7. The molecule has 1 saturated carbocycles. The van der Waals surface area contributed by atoms with Crippen LogP contribution in [0.25, 0.3) is 0 Å². The number of aromatic nitrogens is 1. The Morgan fingerprint density at radius 2 is 1.90 bits per heavy atom. The second-order valence-corrected chi connectivity index (χ2v) is 8.03. The lowest BCUT2D eigenvalue weighted by Crippen LogP contribution is -2.40. The fourth-order valence-electron chi connectivity index (χ4n) is 4.24. The summed E-state index contributed by atoms with van der Waals surface area (Å²) < 4.78 is 5.63. The van der Waals surface area contributed by atoms with Crippen LogP contribution in [0.4, 0.5) is 0 Å². The molecule has 4 rings (SSSR count). The molecule has 0 radical (unpaired) electrons. The number of carbonyl (C=O) groups is 3. The first-order valence-electron chi connectivity index (χ1n) is 11.0. The van der Waals surface area contributed by atoms with Crippen molar-refractivity contribution in [2.45, 2.75) is 58.0 Å². The Bertz CT molecular complexity index is 998. The van der Waals surface area contributed by atoms with Crippen molar-refractivity contribution >= 4 is 17.7 Å². The van der Waals surface area contributed by atoms with Crippen LogP contribution >= 0.6 is 0 Å². The molecule has 1 aliphatic carbocycles. The Hall–Kier alpha value is -3.22. The van der Waals surface area contributed by atoms with Gasteiger partial charge in [0.1, 0.15) is 0 Å². The summed E-state index contributed by atoms with van der Waals surface area (Å²) in [7, 11) is 0. The number of rotatable bonds is 7. The second kappa shape index (κ2) is 9.29. The van der Waals surface area contributed by atoms with Gasteiger partial charge < -0.3 is 10.1 Å². The first kappa shape index (κ1) is 21.0. The molecule has 3 amide bonds. The average molecular weight is 421 g/mol. The van der Waals surface area contributed by atoms with Gasteiger partial charge in [0, 0.05) is 29.9 Å². The number of imide groups is 1. The van der Waals surface area contributed by atoms with Crippen LogP contribution in [0.2, 0.25) is 0 Å². The first-order valence-corrected chi connectivity index (χ1v) is 11.0. The molecule has 7 nitrogen and oxygen atoms in total. The van der Waals surface area contributed by atoms with Crippen LogP contribution in [0, 0.1) is 0 Å². The number of ether oxygens (including phenoxy) is 1. The van der Waals surface area contributed by atoms with Gasteiger partial charge >= 0.3 is 0 Å². The van der Waals surface area contributed by atoms with E-state index >= 15 is 0 Å². The van der Waals surface area contributed by atoms with Gasteiger partial charge in [-0.25, -0.2) is 4.98 Å². The van der Waals surface area contributed by atoms with Crippen molar-refractivity contribution in [3.63, 3.8) is 0 Å². The van der Waals surface area contributed by atoms with Gasteiger partial charge in [-0.15, -0.1) is 0 Å². The lowest BCUT2D eigenvalue weighted by atomic mass is 9.94. The standard InChI is InChI=1S/C24H27N3O4/c1-2-13-31-22-17(7-6-12-25-22)15-26-21(28)16-10-11-19-20(14-16)24(30)27(23(19)29)18-8-4-3-5-9-18/h6-7,10-12,14,18H,2-5,8-9,13,15H2,1H3,(H,26,28). The fourth-order valence-corrected chi connectivity index (χ4v) is 4.24. The second-order valence-electron chi connectivity index (χ2n) is 8.03. The summed E-state index contributed by atoms with van der Waals surface area (Å²) in [6.07, 6.45) is 7.43. The van der Waals surface area contributed by atoms with Crippen molar-refractivity contribution in [1.82, 2.24) is 15.2 Å². The van der Waals surface area contributed by atoms with E-state index in [1.54, 1.807) is 24.4 Å². The van der Waals surface area contributed by atoms with Gasteiger partial charge in [0.25, 0.3) is 17.7 Å². The Labute approximate surface area is 181 Å². The van der Waals surface area contributed by atoms with Crippen molar-refractivity contribution in [2.24, 2.45) is 0 Å². The van der Waals surface area contributed by atoms with Crippen LogP contribution in [-0.2, 0) is 6.54 Å². The number of nitrogens with one attached hydrogen (secondary N) is 1. The predicted molar refractivity (Wildman–Crippen MR) is 115 cm³/mol. The van der Waals surface area contributed by atoms with Gasteiger partial charge in [-0.2, -0.15) is 0 Å². The van der Waals surface area contributed by atoms with Crippen LogP contribution in [-0.4, -0.2) is 40.3 Å². The Balaban J connectivity index is 1.47. The molecule has 2 heterocycles. The molecule has 0 spiro atoms. The molecule has 0 bridgehead atoms. The summed E-state index contributed by atoms with van der Waals surface area (Å²) >= 11 is 0. The van der Waals surface area contributed by atoms with Gasteiger partial charge in [0.15, 0.2) is 0 Å². The fraction of sp³-hybridized carbons (Fsp3) is 0.417. The van der Waals surface area contributed by atoms with E-state index < -0.39 is 0 Å². The Kier molecular flexibility index (Phi) is 6.30. The van der Waals surface area contributed by atoms with Crippen LogP contribution in [0.15, 0.2) is 36.5 Å². The number of pyridine rings is 1. The quantitative estimate of drug-likeness (QED) is 0.688. The molecule has 1 aromatic heterocycles. The summed E-state index contributed by atoms with van der Waals surface area (Å²) in [4.78, 5) is 44.1. The van der Waals surface area contributed by atoms with Crippen molar-refractivity contribution in [1.29, 1.82) is 0 Å². The molecule has 0 unspecified atom stereocenters. The van der Waals surface area contributed by atoms with Gasteiger partial charge in [-0.1, -0.05) is 32.3 Å². The lowest BCUT2D eigenvalue weighted by Gasteiger charge is -2.29. The SMILES string of the molecule is CCCOc1ncccc1CNC(=O)c1ccc2c(c1)C(=O)N(C1CCCCC1)C2=O. The summed E-state index contributed by atoms with van der Waals surface area (Å²) in [6, 6.07) is 8.33. The Morgan fingerprint density at radius 3 is 2.68 bits per heavy atom. The number of benzene rings is 1. The zero-order valence-corrected chi connectivity index (χ0v) is 17.7. The number of fused-ring (bicyclic) bond motifs is 1. The van der Waals surface area contributed by atoms with E-state index in [2.05, 4.69) is 10.3 Å². The molecule has 7 heteroatoms. The molecule has 2 aliphatic rings. The van der Waals surface area contributed by atoms with E-state index in [0.717, 1.165) is 44.1 Å². The highest BCUT2D eigenvalue weighted by Gasteiger charge is 2.40. The Morgan fingerprint density at radius 1 is 1.13 bits per heavy atom. The van der Waals surface area contributed by atoms with Crippen LogP contribution in [0.3, 0.4) is 0 Å². The van der Waals surface area contributed by atoms with Crippen molar-refractivity contribution in [3.8, 4) is 5.88 Å². The predicted octanol–water partition coefficient (Wildman–Crippen LogP) is 3.73. The molecule has 1 N–H and O–H groups in total. The normalized spacial score (nSPS) is 16.4. The largest absolute Gasteiger partial charge is 0.477 e. The number of nitrogens with zero attached hydrogens (tertiary/aromatic N) is 2. The lowest BCUT2D eigenvalue weighted by molar-refractivity contribution is 0.0548. The van der Waals surface area contributed by atoms with Crippen molar-refractivity contribution in [2.75, 3.05) is 6.61 Å². The van der Waals surface area contributed by atoms with Crippen molar-refractivity contribution < 1.29 is 19.1 Å². The minimum absolute atomic E-state index is 0.0365. The molecule has 1 aromatic carbocycles. The zero-order chi connectivity index (χ0) is 21.8. The smallest absolute Gasteiger partial charge is 0.261 e. The van der Waals surface area contributed by atoms with E-state index in [9.17, 15) is 14.4 Å². The molecule has 2 aromatic rings. The highest BCUT2D eigenvalue weighted by atomic mass is 16.5. The molecule has 1 aliphatic heterocycles. The third-order valence-electron chi connectivity index (χ3n) is 5.85. The van der Waals surface area contributed by atoms with Gasteiger partial charge in [-0.3, -0.25) is 19.3 Å². The van der Waals surface area contributed by atoms with Gasteiger partial charge in [0.2, 0.25) is 5.88 Å². The van der Waals surface area contributed by atoms with E-state index in [1.807, 2.05) is 13.0 Å². The van der Waals surface area contributed by atoms with E-state index in [4.69, 9.17) is 4.74 Å².